The Bertz CT molecular complexity index is 595. The van der Waals surface area contributed by atoms with Gasteiger partial charge >= 0.3 is 0 Å². The molecule has 2 nitrogen and oxygen atoms in total. The molecule has 1 atom stereocenters. The molecule has 2 aliphatic rings. The van der Waals surface area contributed by atoms with E-state index >= 15 is 0 Å². The van der Waals surface area contributed by atoms with Gasteiger partial charge in [-0.3, -0.25) is 4.79 Å². The predicted molar refractivity (Wildman–Crippen MR) is 71.5 cm³/mol. The zero-order chi connectivity index (χ0) is 13.1. The molecule has 0 amide bonds. The minimum atomic E-state index is 0.0822. The molecule has 0 radical (unpaired) electrons. The van der Waals surface area contributed by atoms with Gasteiger partial charge in [0.25, 0.3) is 0 Å². The third kappa shape index (κ3) is 1.32. The highest BCUT2D eigenvalue weighted by atomic mass is 16.3. The first kappa shape index (κ1) is 11.5. The maximum Gasteiger partial charge on any atom is 0.158 e. The van der Waals surface area contributed by atoms with Crippen LogP contribution in [0.1, 0.15) is 43.4 Å². The molecule has 0 heterocycles. The van der Waals surface area contributed by atoms with Crippen molar-refractivity contribution < 1.29 is 9.90 Å². The number of fused-ring (bicyclic) bond motifs is 3. The topological polar surface area (TPSA) is 37.3 Å². The van der Waals surface area contributed by atoms with Crippen molar-refractivity contribution in [1.82, 2.24) is 0 Å². The Morgan fingerprint density at radius 2 is 2.00 bits per heavy atom. The monoisotopic (exact) mass is 242 g/mol. The van der Waals surface area contributed by atoms with Crippen molar-refractivity contribution >= 4 is 11.4 Å². The van der Waals surface area contributed by atoms with Gasteiger partial charge in [-0.25, -0.2) is 0 Å². The second kappa shape index (κ2) is 3.47. The highest BCUT2D eigenvalue weighted by Crippen LogP contribution is 2.54. The largest absolute Gasteiger partial charge is 0.508 e. The third-order valence-electron chi connectivity index (χ3n) is 4.71. The predicted octanol–water partition coefficient (Wildman–Crippen LogP) is 3.40. The molecule has 0 bridgehead atoms. The van der Waals surface area contributed by atoms with Crippen molar-refractivity contribution in [2.24, 2.45) is 5.41 Å². The first-order chi connectivity index (χ1) is 8.44. The molecule has 1 unspecified atom stereocenters. The van der Waals surface area contributed by atoms with E-state index in [1.165, 1.54) is 16.7 Å². The summed E-state index contributed by atoms with van der Waals surface area (Å²) >= 11 is 0. The van der Waals surface area contributed by atoms with Crippen LogP contribution in [-0.2, 0) is 11.2 Å². The number of rotatable bonds is 0. The number of phenolic OH excluding ortho intramolecular Hbond substituents is 1. The Labute approximate surface area is 107 Å². The van der Waals surface area contributed by atoms with Crippen LogP contribution in [0.15, 0.2) is 17.7 Å². The Hall–Kier alpha value is -1.57. The van der Waals surface area contributed by atoms with Crippen LogP contribution in [0.2, 0.25) is 0 Å². The quantitative estimate of drug-likeness (QED) is 0.757. The van der Waals surface area contributed by atoms with Crippen molar-refractivity contribution in [2.45, 2.75) is 40.0 Å². The Morgan fingerprint density at radius 3 is 2.72 bits per heavy atom. The number of hydrogen-bond donors (Lipinski definition) is 1. The molecule has 1 N–H and O–H groups in total. The lowest BCUT2D eigenvalue weighted by atomic mass is 9.71. The molecule has 94 valence electrons. The van der Waals surface area contributed by atoms with Gasteiger partial charge in [-0.05, 0) is 66.0 Å². The standard InChI is InChI=1S/C16H18O2/c1-9-12-8-16(3)7-6-14(18)10(2)15(16)11(12)4-5-13(9)17/h4-5,17H,6-8H2,1-3H3. The highest BCUT2D eigenvalue weighted by molar-refractivity contribution is 6.06. The lowest BCUT2D eigenvalue weighted by Crippen LogP contribution is -2.24. The fourth-order valence-corrected chi connectivity index (χ4v) is 3.59. The van der Waals surface area contributed by atoms with E-state index in [-0.39, 0.29) is 11.2 Å². The van der Waals surface area contributed by atoms with Gasteiger partial charge in [-0.1, -0.05) is 13.0 Å². The molecule has 18 heavy (non-hydrogen) atoms. The second-order valence-corrected chi connectivity index (χ2v) is 5.90. The van der Waals surface area contributed by atoms with Gasteiger partial charge in [0.05, 0.1) is 0 Å². The van der Waals surface area contributed by atoms with Crippen LogP contribution in [0.25, 0.3) is 5.57 Å². The van der Waals surface area contributed by atoms with Crippen LogP contribution in [0.4, 0.5) is 0 Å². The van der Waals surface area contributed by atoms with E-state index in [4.69, 9.17) is 0 Å². The molecule has 0 fully saturated rings. The molecule has 0 saturated carbocycles. The number of carbonyl (C=O) groups is 1. The normalized spacial score (nSPS) is 26.3. The van der Waals surface area contributed by atoms with E-state index in [0.29, 0.717) is 12.2 Å². The summed E-state index contributed by atoms with van der Waals surface area (Å²) in [7, 11) is 0. The van der Waals surface area contributed by atoms with Crippen molar-refractivity contribution in [3.05, 3.63) is 34.4 Å². The maximum atomic E-state index is 11.9. The number of ketones is 1. The first-order valence-corrected chi connectivity index (χ1v) is 6.50. The SMILES string of the molecule is CC1=C2c3ccc(O)c(C)c3CC2(C)CCC1=O. The summed E-state index contributed by atoms with van der Waals surface area (Å²) in [4.78, 5) is 11.9. The molecule has 3 rings (SSSR count). The van der Waals surface area contributed by atoms with E-state index in [1.807, 2.05) is 19.9 Å². The van der Waals surface area contributed by atoms with Crippen LogP contribution < -0.4 is 0 Å². The number of phenols is 1. The number of allylic oxidation sites excluding steroid dienone is 2. The smallest absolute Gasteiger partial charge is 0.158 e. The molecule has 0 aromatic heterocycles. The summed E-state index contributed by atoms with van der Waals surface area (Å²) in [5, 5.41) is 9.84. The number of aromatic hydroxyl groups is 1. The molecule has 2 aliphatic carbocycles. The summed E-state index contributed by atoms with van der Waals surface area (Å²) < 4.78 is 0. The number of benzene rings is 1. The molecule has 1 aromatic rings. The first-order valence-electron chi connectivity index (χ1n) is 6.50. The summed E-state index contributed by atoms with van der Waals surface area (Å²) in [6, 6.07) is 3.72. The molecule has 0 saturated heterocycles. The van der Waals surface area contributed by atoms with Gasteiger partial charge in [-0.15, -0.1) is 0 Å². The van der Waals surface area contributed by atoms with E-state index in [9.17, 15) is 9.90 Å². The number of hydrogen-bond acceptors (Lipinski definition) is 2. The van der Waals surface area contributed by atoms with Gasteiger partial charge in [0.2, 0.25) is 0 Å². The summed E-state index contributed by atoms with van der Waals surface area (Å²) in [5.41, 5.74) is 5.60. The van der Waals surface area contributed by atoms with Gasteiger partial charge < -0.3 is 5.11 Å². The summed E-state index contributed by atoms with van der Waals surface area (Å²) in [5.74, 6) is 0.640. The van der Waals surface area contributed by atoms with E-state index in [0.717, 1.165) is 24.0 Å². The van der Waals surface area contributed by atoms with Crippen LogP contribution in [-0.4, -0.2) is 10.9 Å². The summed E-state index contributed by atoms with van der Waals surface area (Å²) in [6.45, 7) is 6.16. The molecular weight excluding hydrogens is 224 g/mol. The van der Waals surface area contributed by atoms with E-state index in [2.05, 4.69) is 6.92 Å². The van der Waals surface area contributed by atoms with Crippen LogP contribution in [0.5, 0.6) is 5.75 Å². The average molecular weight is 242 g/mol. The molecular formula is C16H18O2. The highest BCUT2D eigenvalue weighted by Gasteiger charge is 2.43. The van der Waals surface area contributed by atoms with Gasteiger partial charge in [-0.2, -0.15) is 0 Å². The average Bonchev–Trinajstić information content (AvgIpc) is 2.64. The Balaban J connectivity index is 2.31. The van der Waals surface area contributed by atoms with Crippen molar-refractivity contribution in [3.8, 4) is 5.75 Å². The Kier molecular flexibility index (Phi) is 2.22. The van der Waals surface area contributed by atoms with Crippen molar-refractivity contribution in [1.29, 1.82) is 0 Å². The Morgan fingerprint density at radius 1 is 1.28 bits per heavy atom. The maximum absolute atomic E-state index is 11.9. The van der Waals surface area contributed by atoms with Crippen molar-refractivity contribution in [2.75, 3.05) is 0 Å². The number of Topliss-reactive ketones (excluding diaryl/α,β-unsaturated/α-hetero) is 1. The molecule has 2 heteroatoms. The lowest BCUT2D eigenvalue weighted by molar-refractivity contribution is -0.116. The molecule has 1 aromatic carbocycles. The van der Waals surface area contributed by atoms with Crippen LogP contribution in [0.3, 0.4) is 0 Å². The second-order valence-electron chi connectivity index (χ2n) is 5.90. The zero-order valence-corrected chi connectivity index (χ0v) is 11.1. The minimum Gasteiger partial charge on any atom is -0.508 e. The lowest BCUT2D eigenvalue weighted by Gasteiger charge is -2.31. The third-order valence-corrected chi connectivity index (χ3v) is 4.71. The van der Waals surface area contributed by atoms with E-state index < -0.39 is 0 Å². The van der Waals surface area contributed by atoms with Gasteiger partial charge in [0, 0.05) is 6.42 Å². The zero-order valence-electron chi connectivity index (χ0n) is 11.1. The molecule has 0 aliphatic heterocycles. The number of carbonyl (C=O) groups excluding carboxylic acids is 1. The fraction of sp³-hybridized carbons (Fsp3) is 0.438. The van der Waals surface area contributed by atoms with E-state index in [1.54, 1.807) is 6.07 Å². The van der Waals surface area contributed by atoms with Crippen LogP contribution in [0, 0.1) is 12.3 Å². The van der Waals surface area contributed by atoms with Crippen LogP contribution >= 0.6 is 0 Å². The van der Waals surface area contributed by atoms with Gasteiger partial charge in [0.1, 0.15) is 5.75 Å². The van der Waals surface area contributed by atoms with Gasteiger partial charge in [0.15, 0.2) is 5.78 Å². The van der Waals surface area contributed by atoms with Crippen molar-refractivity contribution in [3.63, 3.8) is 0 Å². The minimum absolute atomic E-state index is 0.0822. The summed E-state index contributed by atoms with van der Waals surface area (Å²) in [6.07, 6.45) is 2.53. The molecule has 0 spiro atoms. The fourth-order valence-electron chi connectivity index (χ4n) is 3.59.